The first-order valence-corrected chi connectivity index (χ1v) is 7.37. The van der Waals surface area contributed by atoms with Crippen LogP contribution in [-0.2, 0) is 6.42 Å². The van der Waals surface area contributed by atoms with E-state index in [0.717, 1.165) is 36.5 Å². The van der Waals surface area contributed by atoms with Crippen molar-refractivity contribution in [2.75, 3.05) is 20.2 Å². The van der Waals surface area contributed by atoms with Gasteiger partial charge in [-0.05, 0) is 67.8 Å². The first-order chi connectivity index (χ1) is 9.35. The average molecular weight is 257 g/mol. The molecule has 2 bridgehead atoms. The zero-order chi connectivity index (χ0) is 13.1. The molecule has 3 atom stereocenters. The van der Waals surface area contributed by atoms with Crippen LogP contribution in [0, 0.1) is 17.8 Å². The lowest BCUT2D eigenvalue weighted by Gasteiger charge is -2.18. The maximum absolute atomic E-state index is 5.17. The van der Waals surface area contributed by atoms with Crippen LogP contribution in [0.4, 0.5) is 0 Å². The van der Waals surface area contributed by atoms with Crippen molar-refractivity contribution in [2.24, 2.45) is 17.8 Å². The van der Waals surface area contributed by atoms with Crippen LogP contribution in [0.3, 0.4) is 0 Å². The van der Waals surface area contributed by atoms with Crippen molar-refractivity contribution in [3.05, 3.63) is 42.0 Å². The van der Waals surface area contributed by atoms with Gasteiger partial charge in [0, 0.05) is 0 Å². The summed E-state index contributed by atoms with van der Waals surface area (Å²) < 4.78 is 5.17. The Morgan fingerprint density at radius 3 is 2.63 bits per heavy atom. The van der Waals surface area contributed by atoms with Gasteiger partial charge >= 0.3 is 0 Å². The highest BCUT2D eigenvalue weighted by atomic mass is 16.5. The van der Waals surface area contributed by atoms with Crippen molar-refractivity contribution in [1.82, 2.24) is 5.32 Å². The molecule has 2 aliphatic carbocycles. The molecule has 0 heterocycles. The number of benzene rings is 1. The molecule has 0 aromatic heterocycles. The Bertz CT molecular complexity index is 437. The van der Waals surface area contributed by atoms with Crippen LogP contribution in [-0.4, -0.2) is 20.2 Å². The van der Waals surface area contributed by atoms with Crippen molar-refractivity contribution >= 4 is 0 Å². The molecule has 0 aliphatic heterocycles. The lowest BCUT2D eigenvalue weighted by atomic mass is 9.93. The zero-order valence-electron chi connectivity index (χ0n) is 11.6. The molecule has 2 aliphatic rings. The molecule has 2 nitrogen and oxygen atoms in total. The van der Waals surface area contributed by atoms with Crippen molar-refractivity contribution in [3.63, 3.8) is 0 Å². The molecule has 0 spiro atoms. The minimum atomic E-state index is 0.860. The highest BCUT2D eigenvalue weighted by molar-refractivity contribution is 5.27. The molecule has 1 aromatic rings. The van der Waals surface area contributed by atoms with Crippen LogP contribution in [0.25, 0.3) is 0 Å². The van der Waals surface area contributed by atoms with E-state index in [2.05, 4.69) is 29.6 Å². The molecule has 0 saturated heterocycles. The predicted octanol–water partition coefficient (Wildman–Crippen LogP) is 3.04. The monoisotopic (exact) mass is 257 g/mol. The first-order valence-electron chi connectivity index (χ1n) is 7.37. The quantitative estimate of drug-likeness (QED) is 0.625. The predicted molar refractivity (Wildman–Crippen MR) is 78.4 cm³/mol. The number of ether oxygens (including phenoxy) is 1. The average Bonchev–Trinajstić information content (AvgIpc) is 3.07. The van der Waals surface area contributed by atoms with Gasteiger partial charge in [-0.1, -0.05) is 24.3 Å². The molecule has 1 saturated carbocycles. The number of hydrogen-bond donors (Lipinski definition) is 1. The fraction of sp³-hybridized carbons (Fsp3) is 0.529. The SMILES string of the molecule is COc1ccc(CCNCC2CC3C=CC2C3)cc1. The lowest BCUT2D eigenvalue weighted by molar-refractivity contribution is 0.413. The Balaban J connectivity index is 1.37. The number of allylic oxidation sites excluding steroid dienone is 2. The highest BCUT2D eigenvalue weighted by Crippen LogP contribution is 2.42. The van der Waals surface area contributed by atoms with Crippen LogP contribution in [0.1, 0.15) is 18.4 Å². The van der Waals surface area contributed by atoms with Crippen molar-refractivity contribution in [2.45, 2.75) is 19.3 Å². The van der Waals surface area contributed by atoms with Crippen LogP contribution in [0.15, 0.2) is 36.4 Å². The summed E-state index contributed by atoms with van der Waals surface area (Å²) in [6, 6.07) is 8.38. The molecule has 1 N–H and O–H groups in total. The summed E-state index contributed by atoms with van der Waals surface area (Å²) in [5, 5.41) is 3.62. The Morgan fingerprint density at radius 2 is 2.00 bits per heavy atom. The smallest absolute Gasteiger partial charge is 0.118 e. The van der Waals surface area contributed by atoms with E-state index in [1.807, 2.05) is 12.1 Å². The van der Waals surface area contributed by atoms with Gasteiger partial charge in [-0.2, -0.15) is 0 Å². The third-order valence-electron chi connectivity index (χ3n) is 4.57. The second kappa shape index (κ2) is 5.79. The summed E-state index contributed by atoms with van der Waals surface area (Å²) in [5.41, 5.74) is 1.38. The minimum absolute atomic E-state index is 0.860. The fourth-order valence-electron chi connectivity index (χ4n) is 3.44. The number of rotatable bonds is 6. The molecule has 2 heteroatoms. The molecule has 102 valence electrons. The van der Waals surface area contributed by atoms with E-state index >= 15 is 0 Å². The molecule has 3 rings (SSSR count). The minimum Gasteiger partial charge on any atom is -0.497 e. The van der Waals surface area contributed by atoms with E-state index in [1.54, 1.807) is 7.11 Å². The Labute approximate surface area is 115 Å². The van der Waals surface area contributed by atoms with Crippen LogP contribution >= 0.6 is 0 Å². The number of methoxy groups -OCH3 is 1. The number of hydrogen-bond acceptors (Lipinski definition) is 2. The van der Waals surface area contributed by atoms with Gasteiger partial charge in [0.25, 0.3) is 0 Å². The van der Waals surface area contributed by atoms with Gasteiger partial charge in [0.15, 0.2) is 0 Å². The van der Waals surface area contributed by atoms with Gasteiger partial charge < -0.3 is 10.1 Å². The molecule has 19 heavy (non-hydrogen) atoms. The van der Waals surface area contributed by atoms with Gasteiger partial charge in [-0.15, -0.1) is 0 Å². The lowest BCUT2D eigenvalue weighted by Crippen LogP contribution is -2.27. The normalized spacial score (nSPS) is 27.9. The Hall–Kier alpha value is -1.28. The molecular formula is C17H23NO. The van der Waals surface area contributed by atoms with E-state index in [4.69, 9.17) is 4.74 Å². The van der Waals surface area contributed by atoms with Gasteiger partial charge in [-0.3, -0.25) is 0 Å². The summed E-state index contributed by atoms with van der Waals surface area (Å²) in [6.07, 6.45) is 8.75. The largest absolute Gasteiger partial charge is 0.497 e. The van der Waals surface area contributed by atoms with Crippen molar-refractivity contribution in [3.8, 4) is 5.75 Å². The highest BCUT2D eigenvalue weighted by Gasteiger charge is 2.34. The van der Waals surface area contributed by atoms with Crippen LogP contribution < -0.4 is 10.1 Å². The molecule has 0 radical (unpaired) electrons. The summed E-state index contributed by atoms with van der Waals surface area (Å²) in [6.45, 7) is 2.26. The fourth-order valence-corrected chi connectivity index (χ4v) is 3.44. The molecule has 3 unspecified atom stereocenters. The zero-order valence-corrected chi connectivity index (χ0v) is 11.6. The van der Waals surface area contributed by atoms with Crippen LogP contribution in [0.2, 0.25) is 0 Å². The standard InChI is InChI=1S/C17H23NO/c1-19-17-6-3-13(4-7-17)8-9-18-12-16-11-14-2-5-15(16)10-14/h2-7,14-16,18H,8-12H2,1H3. The van der Waals surface area contributed by atoms with Gasteiger partial charge in [0.05, 0.1) is 7.11 Å². The Morgan fingerprint density at radius 1 is 1.16 bits per heavy atom. The van der Waals surface area contributed by atoms with Crippen molar-refractivity contribution in [1.29, 1.82) is 0 Å². The maximum atomic E-state index is 5.17. The third kappa shape index (κ3) is 3.01. The number of fused-ring (bicyclic) bond motifs is 2. The summed E-state index contributed by atoms with van der Waals surface area (Å²) in [5.74, 6) is 3.56. The molecule has 1 aromatic carbocycles. The van der Waals surface area contributed by atoms with Gasteiger partial charge in [-0.25, -0.2) is 0 Å². The second-order valence-corrected chi connectivity index (χ2v) is 5.84. The van der Waals surface area contributed by atoms with E-state index in [9.17, 15) is 0 Å². The van der Waals surface area contributed by atoms with E-state index < -0.39 is 0 Å². The molecule has 0 amide bonds. The van der Waals surface area contributed by atoms with E-state index in [1.165, 1.54) is 24.9 Å². The first kappa shape index (κ1) is 12.7. The van der Waals surface area contributed by atoms with Gasteiger partial charge in [0.2, 0.25) is 0 Å². The van der Waals surface area contributed by atoms with Gasteiger partial charge in [0.1, 0.15) is 5.75 Å². The third-order valence-corrected chi connectivity index (χ3v) is 4.57. The van der Waals surface area contributed by atoms with E-state index in [-0.39, 0.29) is 0 Å². The topological polar surface area (TPSA) is 21.3 Å². The maximum Gasteiger partial charge on any atom is 0.118 e. The second-order valence-electron chi connectivity index (χ2n) is 5.84. The number of nitrogens with one attached hydrogen (secondary N) is 1. The van der Waals surface area contributed by atoms with E-state index in [0.29, 0.717) is 0 Å². The Kier molecular flexibility index (Phi) is 3.88. The molecule has 1 fully saturated rings. The summed E-state index contributed by atoms with van der Waals surface area (Å²) in [7, 11) is 1.71. The van der Waals surface area contributed by atoms with Crippen LogP contribution in [0.5, 0.6) is 5.75 Å². The molecular weight excluding hydrogens is 234 g/mol. The summed E-state index contributed by atoms with van der Waals surface area (Å²) >= 11 is 0. The van der Waals surface area contributed by atoms with Crippen molar-refractivity contribution < 1.29 is 4.74 Å². The summed E-state index contributed by atoms with van der Waals surface area (Å²) in [4.78, 5) is 0.